The first kappa shape index (κ1) is 17.2. The van der Waals surface area contributed by atoms with Crippen LogP contribution < -0.4 is 5.73 Å². The van der Waals surface area contributed by atoms with Crippen LogP contribution in [0.1, 0.15) is 48.3 Å². The normalized spacial score (nSPS) is 21.7. The molecule has 8 heteroatoms. The van der Waals surface area contributed by atoms with Crippen molar-refractivity contribution >= 4 is 23.4 Å². The van der Waals surface area contributed by atoms with E-state index in [0.717, 1.165) is 25.9 Å². The maximum Gasteiger partial charge on any atom is 0.275 e. The van der Waals surface area contributed by atoms with E-state index in [1.165, 1.54) is 6.42 Å². The van der Waals surface area contributed by atoms with Crippen LogP contribution in [0.25, 0.3) is 0 Å². The monoisotopic (exact) mass is 353 g/mol. The summed E-state index contributed by atoms with van der Waals surface area (Å²) in [5.74, 6) is -0.466. The lowest BCUT2D eigenvalue weighted by atomic mass is 9.83. The third kappa shape index (κ3) is 2.91. The first-order chi connectivity index (χ1) is 11.5. The van der Waals surface area contributed by atoms with Gasteiger partial charge in [0.25, 0.3) is 5.91 Å². The SMILES string of the molecule is Cc1[nH]nc(C(=O)N2CCC(C(N)=O)(N3CCCCC3)CC2)c1Cl. The zero-order valence-corrected chi connectivity index (χ0v) is 14.7. The largest absolute Gasteiger partial charge is 0.368 e. The number of amides is 2. The van der Waals surface area contributed by atoms with Crippen molar-refractivity contribution in [3.8, 4) is 0 Å². The van der Waals surface area contributed by atoms with Crippen molar-refractivity contribution in [2.45, 2.75) is 44.6 Å². The highest BCUT2D eigenvalue weighted by Crippen LogP contribution is 2.32. The Balaban J connectivity index is 1.72. The standard InChI is InChI=1S/C16H24ClN5O2/c1-11-12(17)13(20-19-11)14(23)21-9-5-16(6-10-21,15(18)24)22-7-3-2-4-8-22/h2-10H2,1H3,(H2,18,24)(H,19,20). The quantitative estimate of drug-likeness (QED) is 0.856. The molecule has 24 heavy (non-hydrogen) atoms. The van der Waals surface area contributed by atoms with Gasteiger partial charge in [-0.25, -0.2) is 0 Å². The molecule has 3 rings (SSSR count). The Morgan fingerprint density at radius 2 is 1.79 bits per heavy atom. The highest BCUT2D eigenvalue weighted by Gasteiger charge is 2.46. The van der Waals surface area contributed by atoms with Crippen molar-refractivity contribution in [1.82, 2.24) is 20.0 Å². The topological polar surface area (TPSA) is 95.3 Å². The van der Waals surface area contributed by atoms with Crippen LogP contribution in [0.3, 0.4) is 0 Å². The molecule has 1 aromatic rings. The second-order valence-electron chi connectivity index (χ2n) is 6.75. The predicted molar refractivity (Wildman–Crippen MR) is 90.8 cm³/mol. The molecule has 0 bridgehead atoms. The summed E-state index contributed by atoms with van der Waals surface area (Å²) in [5, 5.41) is 7.10. The van der Waals surface area contributed by atoms with Crippen molar-refractivity contribution in [1.29, 1.82) is 0 Å². The first-order valence-electron chi connectivity index (χ1n) is 8.50. The molecule has 3 N–H and O–H groups in total. The maximum atomic E-state index is 12.6. The van der Waals surface area contributed by atoms with E-state index in [4.69, 9.17) is 17.3 Å². The van der Waals surface area contributed by atoms with Gasteiger partial charge in [0.15, 0.2) is 5.69 Å². The zero-order chi connectivity index (χ0) is 17.3. The number of nitrogens with one attached hydrogen (secondary N) is 1. The van der Waals surface area contributed by atoms with Crippen LogP contribution in [0, 0.1) is 6.92 Å². The summed E-state index contributed by atoms with van der Waals surface area (Å²) in [6, 6.07) is 0. The number of likely N-dealkylation sites (tertiary alicyclic amines) is 2. The number of aryl methyl sites for hydroxylation is 1. The van der Waals surface area contributed by atoms with E-state index in [0.29, 0.717) is 36.6 Å². The van der Waals surface area contributed by atoms with Gasteiger partial charge in [0.05, 0.1) is 10.7 Å². The Bertz CT molecular complexity index is 630. The van der Waals surface area contributed by atoms with Gasteiger partial charge in [-0.3, -0.25) is 19.6 Å². The van der Waals surface area contributed by atoms with Gasteiger partial charge in [0, 0.05) is 13.1 Å². The van der Waals surface area contributed by atoms with Gasteiger partial charge in [0.1, 0.15) is 5.54 Å². The summed E-state index contributed by atoms with van der Waals surface area (Å²) in [4.78, 5) is 28.8. The summed E-state index contributed by atoms with van der Waals surface area (Å²) < 4.78 is 0. The molecule has 0 atom stereocenters. The molecule has 7 nitrogen and oxygen atoms in total. The Morgan fingerprint density at radius 1 is 1.17 bits per heavy atom. The van der Waals surface area contributed by atoms with Gasteiger partial charge in [-0.2, -0.15) is 5.10 Å². The van der Waals surface area contributed by atoms with E-state index in [1.54, 1.807) is 11.8 Å². The molecule has 0 unspecified atom stereocenters. The molecule has 132 valence electrons. The summed E-state index contributed by atoms with van der Waals surface area (Å²) in [6.07, 6.45) is 4.52. The molecule has 2 aliphatic rings. The minimum atomic E-state index is -0.623. The molecule has 0 spiro atoms. The highest BCUT2D eigenvalue weighted by molar-refractivity contribution is 6.34. The van der Waals surface area contributed by atoms with Crippen molar-refractivity contribution < 1.29 is 9.59 Å². The molecular weight excluding hydrogens is 330 g/mol. The third-order valence-corrected chi connectivity index (χ3v) is 5.84. The molecule has 2 amide bonds. The number of aromatic amines is 1. The smallest absolute Gasteiger partial charge is 0.275 e. The number of hydrogen-bond donors (Lipinski definition) is 2. The number of aromatic nitrogens is 2. The number of halogens is 1. The lowest BCUT2D eigenvalue weighted by Gasteiger charge is -2.48. The van der Waals surface area contributed by atoms with E-state index in [-0.39, 0.29) is 17.5 Å². The van der Waals surface area contributed by atoms with E-state index in [9.17, 15) is 9.59 Å². The van der Waals surface area contributed by atoms with E-state index >= 15 is 0 Å². The number of nitrogens with zero attached hydrogens (tertiary/aromatic N) is 3. The van der Waals surface area contributed by atoms with E-state index in [1.807, 2.05) is 0 Å². The molecule has 0 aromatic carbocycles. The van der Waals surface area contributed by atoms with E-state index < -0.39 is 5.54 Å². The first-order valence-corrected chi connectivity index (χ1v) is 8.88. The molecule has 3 heterocycles. The lowest BCUT2D eigenvalue weighted by molar-refractivity contribution is -0.134. The fraction of sp³-hybridized carbons (Fsp3) is 0.688. The van der Waals surface area contributed by atoms with Crippen LogP contribution in [0.2, 0.25) is 5.02 Å². The molecule has 2 fully saturated rings. The Hall–Kier alpha value is -1.60. The molecule has 0 aliphatic carbocycles. The van der Waals surface area contributed by atoms with Gasteiger partial charge in [-0.1, -0.05) is 18.0 Å². The van der Waals surface area contributed by atoms with Crippen LogP contribution in [0.4, 0.5) is 0 Å². The summed E-state index contributed by atoms with van der Waals surface area (Å²) >= 11 is 6.13. The number of carbonyl (C=O) groups is 2. The van der Waals surface area contributed by atoms with Crippen LogP contribution in [0.5, 0.6) is 0 Å². The third-order valence-electron chi connectivity index (χ3n) is 5.37. The Kier molecular flexibility index (Phi) is 4.83. The fourth-order valence-electron chi connectivity index (χ4n) is 3.83. The van der Waals surface area contributed by atoms with Crippen LogP contribution in [-0.2, 0) is 4.79 Å². The molecular formula is C16H24ClN5O2. The summed E-state index contributed by atoms with van der Waals surface area (Å²) in [7, 11) is 0. The Morgan fingerprint density at radius 3 is 2.29 bits per heavy atom. The highest BCUT2D eigenvalue weighted by atomic mass is 35.5. The minimum absolute atomic E-state index is 0.193. The van der Waals surface area contributed by atoms with Crippen molar-refractivity contribution in [2.75, 3.05) is 26.2 Å². The minimum Gasteiger partial charge on any atom is -0.368 e. The van der Waals surface area contributed by atoms with Gasteiger partial charge in [-0.15, -0.1) is 0 Å². The predicted octanol–water partition coefficient (Wildman–Crippen LogP) is 1.32. The molecule has 0 saturated carbocycles. The molecule has 2 saturated heterocycles. The van der Waals surface area contributed by atoms with Crippen molar-refractivity contribution in [3.05, 3.63) is 16.4 Å². The zero-order valence-electron chi connectivity index (χ0n) is 14.0. The van der Waals surface area contributed by atoms with E-state index in [2.05, 4.69) is 15.1 Å². The van der Waals surface area contributed by atoms with Crippen LogP contribution in [0.15, 0.2) is 0 Å². The second-order valence-corrected chi connectivity index (χ2v) is 7.12. The lowest BCUT2D eigenvalue weighted by Crippen LogP contribution is -2.63. The average molecular weight is 354 g/mol. The summed E-state index contributed by atoms with van der Waals surface area (Å²) in [6.45, 7) is 4.56. The number of rotatable bonds is 3. The van der Waals surface area contributed by atoms with Crippen molar-refractivity contribution in [2.24, 2.45) is 5.73 Å². The molecule has 2 aliphatic heterocycles. The second kappa shape index (κ2) is 6.72. The van der Waals surface area contributed by atoms with Crippen molar-refractivity contribution in [3.63, 3.8) is 0 Å². The average Bonchev–Trinajstić information content (AvgIpc) is 2.94. The number of hydrogen-bond acceptors (Lipinski definition) is 4. The fourth-order valence-corrected chi connectivity index (χ4v) is 3.99. The summed E-state index contributed by atoms with van der Waals surface area (Å²) in [5.41, 5.74) is 6.07. The maximum absolute atomic E-state index is 12.6. The van der Waals surface area contributed by atoms with Gasteiger partial charge in [-0.05, 0) is 45.7 Å². The molecule has 0 radical (unpaired) electrons. The van der Waals surface area contributed by atoms with Crippen LogP contribution in [-0.4, -0.2) is 63.5 Å². The Labute approximate surface area is 146 Å². The number of primary amides is 1. The van der Waals surface area contributed by atoms with Gasteiger partial charge < -0.3 is 10.6 Å². The van der Waals surface area contributed by atoms with Gasteiger partial charge >= 0.3 is 0 Å². The molecule has 1 aromatic heterocycles. The number of piperidine rings is 2. The number of carbonyl (C=O) groups excluding carboxylic acids is 2. The number of H-pyrrole nitrogens is 1. The van der Waals surface area contributed by atoms with Crippen LogP contribution >= 0.6 is 11.6 Å². The number of nitrogens with two attached hydrogens (primary N) is 1. The van der Waals surface area contributed by atoms with Gasteiger partial charge in [0.2, 0.25) is 5.91 Å².